The third-order valence-corrected chi connectivity index (χ3v) is 3.77. The van der Waals surface area contributed by atoms with Gasteiger partial charge in [0.2, 0.25) is 0 Å². The smallest absolute Gasteiger partial charge is 0.0406 e. The molecule has 0 aliphatic carbocycles. The summed E-state index contributed by atoms with van der Waals surface area (Å²) in [6.07, 6.45) is 2.63. The van der Waals surface area contributed by atoms with Gasteiger partial charge in [0.05, 0.1) is 0 Å². The summed E-state index contributed by atoms with van der Waals surface area (Å²) in [7, 11) is 2.04. The number of hydrogen-bond acceptors (Lipinski definition) is 2. The SMILES string of the molecule is CNCC1CCN(Cc2ccc(Cl)cc2)CC1. The van der Waals surface area contributed by atoms with E-state index >= 15 is 0 Å². The van der Waals surface area contributed by atoms with Crippen LogP contribution in [0.15, 0.2) is 24.3 Å². The van der Waals surface area contributed by atoms with E-state index in [0.717, 1.165) is 24.0 Å². The molecule has 0 aromatic heterocycles. The minimum atomic E-state index is 0.821. The molecule has 1 aliphatic heterocycles. The summed E-state index contributed by atoms with van der Waals surface area (Å²) in [6.45, 7) is 4.65. The van der Waals surface area contributed by atoms with Gasteiger partial charge in [-0.2, -0.15) is 0 Å². The van der Waals surface area contributed by atoms with E-state index < -0.39 is 0 Å². The van der Waals surface area contributed by atoms with Gasteiger partial charge in [0, 0.05) is 11.6 Å². The Morgan fingerprint density at radius 3 is 2.47 bits per heavy atom. The molecular weight excluding hydrogens is 232 g/mol. The average molecular weight is 253 g/mol. The molecule has 1 heterocycles. The molecule has 1 aromatic carbocycles. The van der Waals surface area contributed by atoms with Gasteiger partial charge in [0.25, 0.3) is 0 Å². The Kier molecular flexibility index (Phi) is 4.84. The first-order valence-electron chi connectivity index (χ1n) is 6.39. The molecule has 0 unspecified atom stereocenters. The first-order valence-corrected chi connectivity index (χ1v) is 6.77. The molecule has 94 valence electrons. The van der Waals surface area contributed by atoms with Crippen LogP contribution in [-0.4, -0.2) is 31.6 Å². The number of likely N-dealkylation sites (tertiary alicyclic amines) is 1. The molecule has 0 bridgehead atoms. The molecule has 2 nitrogen and oxygen atoms in total. The molecule has 1 aliphatic rings. The Hall–Kier alpha value is -0.570. The lowest BCUT2D eigenvalue weighted by atomic mass is 9.96. The van der Waals surface area contributed by atoms with E-state index in [9.17, 15) is 0 Å². The van der Waals surface area contributed by atoms with Crippen LogP contribution in [0.5, 0.6) is 0 Å². The van der Waals surface area contributed by atoms with Gasteiger partial charge in [-0.05, 0) is 63.1 Å². The van der Waals surface area contributed by atoms with Crippen LogP contribution in [-0.2, 0) is 6.54 Å². The molecule has 0 atom stereocenters. The zero-order valence-corrected chi connectivity index (χ0v) is 11.2. The van der Waals surface area contributed by atoms with Crippen molar-refractivity contribution in [3.05, 3.63) is 34.9 Å². The van der Waals surface area contributed by atoms with E-state index in [4.69, 9.17) is 11.6 Å². The number of hydrogen-bond donors (Lipinski definition) is 1. The zero-order valence-electron chi connectivity index (χ0n) is 10.5. The van der Waals surface area contributed by atoms with Gasteiger partial charge >= 0.3 is 0 Å². The Labute approximate surface area is 109 Å². The molecule has 1 N–H and O–H groups in total. The fraction of sp³-hybridized carbons (Fsp3) is 0.571. The van der Waals surface area contributed by atoms with Crippen LogP contribution >= 0.6 is 11.6 Å². The Morgan fingerprint density at radius 1 is 1.24 bits per heavy atom. The first-order chi connectivity index (χ1) is 8.28. The van der Waals surface area contributed by atoms with Crippen LogP contribution in [0.1, 0.15) is 18.4 Å². The zero-order chi connectivity index (χ0) is 12.1. The summed E-state index contributed by atoms with van der Waals surface area (Å²) in [5.74, 6) is 0.862. The summed E-state index contributed by atoms with van der Waals surface area (Å²) < 4.78 is 0. The molecule has 1 fully saturated rings. The van der Waals surface area contributed by atoms with Gasteiger partial charge in [-0.3, -0.25) is 4.90 Å². The van der Waals surface area contributed by atoms with Crippen molar-refractivity contribution in [1.82, 2.24) is 10.2 Å². The third kappa shape index (κ3) is 3.98. The van der Waals surface area contributed by atoms with Crippen LogP contribution in [0.3, 0.4) is 0 Å². The molecule has 1 aromatic rings. The summed E-state index contributed by atoms with van der Waals surface area (Å²) in [5.41, 5.74) is 1.36. The second kappa shape index (κ2) is 6.39. The first kappa shape index (κ1) is 12.9. The lowest BCUT2D eigenvalue weighted by Crippen LogP contribution is -2.36. The fourth-order valence-electron chi connectivity index (χ4n) is 2.49. The molecular formula is C14H21ClN2. The van der Waals surface area contributed by atoms with E-state index in [2.05, 4.69) is 22.3 Å². The maximum absolute atomic E-state index is 5.89. The van der Waals surface area contributed by atoms with E-state index in [0.29, 0.717) is 0 Å². The average Bonchev–Trinajstić information content (AvgIpc) is 2.35. The molecule has 2 rings (SSSR count). The molecule has 0 saturated carbocycles. The van der Waals surface area contributed by atoms with Crippen molar-refractivity contribution in [1.29, 1.82) is 0 Å². The number of piperidine rings is 1. The Balaban J connectivity index is 1.79. The van der Waals surface area contributed by atoms with E-state index in [1.54, 1.807) is 0 Å². The van der Waals surface area contributed by atoms with Gasteiger partial charge in [-0.15, -0.1) is 0 Å². The van der Waals surface area contributed by atoms with Crippen molar-refractivity contribution in [2.45, 2.75) is 19.4 Å². The fourth-order valence-corrected chi connectivity index (χ4v) is 2.61. The summed E-state index contributed by atoms with van der Waals surface area (Å²) in [5, 5.41) is 4.10. The van der Waals surface area contributed by atoms with Crippen molar-refractivity contribution in [2.24, 2.45) is 5.92 Å². The molecule has 0 amide bonds. The van der Waals surface area contributed by atoms with Gasteiger partial charge in [-0.25, -0.2) is 0 Å². The molecule has 1 saturated heterocycles. The molecule has 0 radical (unpaired) electrons. The van der Waals surface area contributed by atoms with Crippen LogP contribution < -0.4 is 5.32 Å². The van der Waals surface area contributed by atoms with E-state index in [-0.39, 0.29) is 0 Å². The molecule has 17 heavy (non-hydrogen) atoms. The highest BCUT2D eigenvalue weighted by atomic mass is 35.5. The van der Waals surface area contributed by atoms with Gasteiger partial charge in [-0.1, -0.05) is 23.7 Å². The van der Waals surface area contributed by atoms with Crippen molar-refractivity contribution in [3.63, 3.8) is 0 Å². The lowest BCUT2D eigenvalue weighted by molar-refractivity contribution is 0.177. The Bertz CT molecular complexity index is 329. The van der Waals surface area contributed by atoms with Gasteiger partial charge in [0.15, 0.2) is 0 Å². The standard InChI is InChI=1S/C14H21ClN2/c1-16-10-12-6-8-17(9-7-12)11-13-2-4-14(15)5-3-13/h2-5,12,16H,6-11H2,1H3. The van der Waals surface area contributed by atoms with Crippen molar-refractivity contribution in [2.75, 3.05) is 26.7 Å². The number of halogens is 1. The van der Waals surface area contributed by atoms with Crippen molar-refractivity contribution < 1.29 is 0 Å². The van der Waals surface area contributed by atoms with Crippen LogP contribution in [0.2, 0.25) is 5.02 Å². The van der Waals surface area contributed by atoms with E-state index in [1.807, 2.05) is 19.2 Å². The second-order valence-corrected chi connectivity index (χ2v) is 5.34. The predicted octanol–water partition coefficient (Wildman–Crippen LogP) is 2.77. The second-order valence-electron chi connectivity index (χ2n) is 4.90. The van der Waals surface area contributed by atoms with Crippen LogP contribution in [0.4, 0.5) is 0 Å². The minimum absolute atomic E-state index is 0.821. The van der Waals surface area contributed by atoms with E-state index in [1.165, 1.54) is 31.5 Å². The predicted molar refractivity (Wildman–Crippen MR) is 73.4 cm³/mol. The summed E-state index contributed by atoms with van der Waals surface area (Å²) in [6, 6.07) is 8.21. The lowest BCUT2D eigenvalue weighted by Gasteiger charge is -2.31. The minimum Gasteiger partial charge on any atom is -0.319 e. The highest BCUT2D eigenvalue weighted by Crippen LogP contribution is 2.19. The largest absolute Gasteiger partial charge is 0.319 e. The maximum atomic E-state index is 5.89. The van der Waals surface area contributed by atoms with Crippen molar-refractivity contribution in [3.8, 4) is 0 Å². The quantitative estimate of drug-likeness (QED) is 0.887. The van der Waals surface area contributed by atoms with Crippen LogP contribution in [0.25, 0.3) is 0 Å². The highest BCUT2D eigenvalue weighted by molar-refractivity contribution is 6.30. The molecule has 3 heteroatoms. The van der Waals surface area contributed by atoms with Gasteiger partial charge < -0.3 is 5.32 Å². The number of benzene rings is 1. The topological polar surface area (TPSA) is 15.3 Å². The number of nitrogens with zero attached hydrogens (tertiary/aromatic N) is 1. The van der Waals surface area contributed by atoms with Crippen molar-refractivity contribution >= 4 is 11.6 Å². The van der Waals surface area contributed by atoms with Crippen LogP contribution in [0, 0.1) is 5.92 Å². The van der Waals surface area contributed by atoms with Gasteiger partial charge in [0.1, 0.15) is 0 Å². The monoisotopic (exact) mass is 252 g/mol. The number of nitrogens with one attached hydrogen (secondary N) is 1. The number of rotatable bonds is 4. The maximum Gasteiger partial charge on any atom is 0.0406 e. The summed E-state index contributed by atoms with van der Waals surface area (Å²) >= 11 is 5.89. The summed E-state index contributed by atoms with van der Waals surface area (Å²) in [4.78, 5) is 2.54. The normalized spacial score (nSPS) is 18.5. The molecule has 0 spiro atoms. The Morgan fingerprint density at radius 2 is 1.88 bits per heavy atom. The highest BCUT2D eigenvalue weighted by Gasteiger charge is 2.18. The third-order valence-electron chi connectivity index (χ3n) is 3.52.